The van der Waals surface area contributed by atoms with E-state index in [0.29, 0.717) is 13.1 Å². The summed E-state index contributed by atoms with van der Waals surface area (Å²) in [6.07, 6.45) is 1.99. The molecule has 0 bridgehead atoms. The van der Waals surface area contributed by atoms with E-state index >= 15 is 0 Å². The van der Waals surface area contributed by atoms with Gasteiger partial charge >= 0.3 is 18.2 Å². The lowest BCUT2D eigenvalue weighted by Gasteiger charge is -2.33. The molecule has 1 aliphatic heterocycles. The number of esters is 1. The summed E-state index contributed by atoms with van der Waals surface area (Å²) in [5.41, 5.74) is 0.240. The molecule has 2 amide bonds. The Labute approximate surface area is 177 Å². The minimum atomic E-state index is -0.754. The summed E-state index contributed by atoms with van der Waals surface area (Å²) in [4.78, 5) is 38.2. The van der Waals surface area contributed by atoms with Crippen LogP contribution in [-0.4, -0.2) is 48.9 Å². The highest BCUT2D eigenvalue weighted by atomic mass is 16.6. The van der Waals surface area contributed by atoms with Gasteiger partial charge in [0.05, 0.1) is 7.11 Å². The number of rotatable bonds is 5. The molecule has 0 radical (unpaired) electrons. The second kappa shape index (κ2) is 10.7. The maximum absolute atomic E-state index is 12.3. The molecular formula is C22H30N2O6. The van der Waals surface area contributed by atoms with Gasteiger partial charge in [-0.05, 0) is 51.2 Å². The lowest BCUT2D eigenvalue weighted by Crippen LogP contribution is -2.43. The molecule has 0 saturated carbocycles. The Morgan fingerprint density at radius 3 is 2.53 bits per heavy atom. The third-order valence-corrected chi connectivity index (χ3v) is 4.37. The van der Waals surface area contributed by atoms with Crippen molar-refractivity contribution in [2.24, 2.45) is 5.92 Å². The number of amides is 2. The van der Waals surface area contributed by atoms with Crippen LogP contribution in [0.1, 0.15) is 39.2 Å². The molecule has 0 spiro atoms. The number of nitrogens with zero attached hydrogens (tertiary/aromatic N) is 1. The minimum Gasteiger partial charge on any atom is -0.464 e. The van der Waals surface area contributed by atoms with E-state index in [2.05, 4.69) is 5.32 Å². The van der Waals surface area contributed by atoms with Crippen molar-refractivity contribution in [2.75, 3.05) is 20.2 Å². The van der Waals surface area contributed by atoms with Gasteiger partial charge in [0.2, 0.25) is 0 Å². The van der Waals surface area contributed by atoms with Gasteiger partial charge in [0.1, 0.15) is 17.9 Å². The molecule has 164 valence electrons. The SMILES string of the molecule is COC(=O)/C(=C/C1CCCN(C(=O)OC(C)(C)C)C1)NC(=O)OCc1ccccc1. The van der Waals surface area contributed by atoms with E-state index in [9.17, 15) is 14.4 Å². The quantitative estimate of drug-likeness (QED) is 0.446. The van der Waals surface area contributed by atoms with Crippen molar-refractivity contribution in [3.63, 3.8) is 0 Å². The first kappa shape index (κ1) is 23.3. The summed E-state index contributed by atoms with van der Waals surface area (Å²) in [6.45, 7) is 6.48. The Morgan fingerprint density at radius 1 is 1.20 bits per heavy atom. The fraction of sp³-hybridized carbons (Fsp3) is 0.500. The van der Waals surface area contributed by atoms with Gasteiger partial charge in [-0.1, -0.05) is 30.3 Å². The summed E-state index contributed by atoms with van der Waals surface area (Å²) in [5, 5.41) is 2.46. The molecule has 2 rings (SSSR count). The molecule has 1 aromatic carbocycles. The number of benzene rings is 1. The van der Waals surface area contributed by atoms with Crippen LogP contribution < -0.4 is 5.32 Å². The summed E-state index contributed by atoms with van der Waals surface area (Å²) < 4.78 is 15.4. The number of alkyl carbamates (subject to hydrolysis) is 1. The normalized spacial score (nSPS) is 17.1. The first-order valence-electron chi connectivity index (χ1n) is 9.93. The van der Waals surface area contributed by atoms with E-state index in [1.165, 1.54) is 7.11 Å². The summed E-state index contributed by atoms with van der Waals surface area (Å²) >= 11 is 0. The molecule has 1 unspecified atom stereocenters. The molecule has 30 heavy (non-hydrogen) atoms. The Balaban J connectivity index is 2.00. The van der Waals surface area contributed by atoms with E-state index in [1.807, 2.05) is 51.1 Å². The van der Waals surface area contributed by atoms with Crippen LogP contribution >= 0.6 is 0 Å². The van der Waals surface area contributed by atoms with E-state index in [1.54, 1.807) is 11.0 Å². The molecule has 1 aromatic rings. The topological polar surface area (TPSA) is 94.2 Å². The van der Waals surface area contributed by atoms with Crippen molar-refractivity contribution in [3.05, 3.63) is 47.7 Å². The molecule has 1 saturated heterocycles. The number of piperidine rings is 1. The van der Waals surface area contributed by atoms with Crippen molar-refractivity contribution in [1.82, 2.24) is 10.2 Å². The summed E-state index contributed by atoms with van der Waals surface area (Å²) in [5.74, 6) is -0.809. The third-order valence-electron chi connectivity index (χ3n) is 4.37. The van der Waals surface area contributed by atoms with E-state index < -0.39 is 23.8 Å². The lowest BCUT2D eigenvalue weighted by molar-refractivity contribution is -0.136. The average Bonchev–Trinajstić information content (AvgIpc) is 2.71. The van der Waals surface area contributed by atoms with Crippen LogP contribution in [0.2, 0.25) is 0 Å². The average molecular weight is 418 g/mol. The number of ether oxygens (including phenoxy) is 3. The van der Waals surface area contributed by atoms with Gasteiger partial charge < -0.3 is 19.1 Å². The highest BCUT2D eigenvalue weighted by molar-refractivity contribution is 5.92. The van der Waals surface area contributed by atoms with Gasteiger partial charge in [-0.2, -0.15) is 0 Å². The molecule has 1 aliphatic rings. The van der Waals surface area contributed by atoms with Crippen LogP contribution in [0, 0.1) is 5.92 Å². The zero-order valence-corrected chi connectivity index (χ0v) is 18.0. The van der Waals surface area contributed by atoms with Crippen LogP contribution in [0.25, 0.3) is 0 Å². The number of nitrogens with one attached hydrogen (secondary N) is 1. The van der Waals surface area contributed by atoms with Crippen molar-refractivity contribution in [3.8, 4) is 0 Å². The van der Waals surface area contributed by atoms with Crippen LogP contribution in [-0.2, 0) is 25.6 Å². The van der Waals surface area contributed by atoms with Crippen molar-refractivity contribution < 1.29 is 28.6 Å². The molecule has 1 heterocycles. The zero-order valence-electron chi connectivity index (χ0n) is 18.0. The van der Waals surface area contributed by atoms with Gasteiger partial charge in [-0.3, -0.25) is 5.32 Å². The van der Waals surface area contributed by atoms with Gasteiger partial charge in [-0.25, -0.2) is 14.4 Å². The molecule has 1 N–H and O–H groups in total. The van der Waals surface area contributed by atoms with Crippen molar-refractivity contribution in [2.45, 2.75) is 45.8 Å². The zero-order chi connectivity index (χ0) is 22.1. The van der Waals surface area contributed by atoms with E-state index in [0.717, 1.165) is 18.4 Å². The first-order chi connectivity index (χ1) is 14.2. The number of carbonyl (C=O) groups is 3. The molecular weight excluding hydrogens is 388 g/mol. The van der Waals surface area contributed by atoms with Crippen LogP contribution in [0.5, 0.6) is 0 Å². The van der Waals surface area contributed by atoms with Crippen molar-refractivity contribution >= 4 is 18.2 Å². The maximum Gasteiger partial charge on any atom is 0.412 e. The molecule has 8 heteroatoms. The number of methoxy groups -OCH3 is 1. The van der Waals surface area contributed by atoms with Gasteiger partial charge in [0.15, 0.2) is 0 Å². The van der Waals surface area contributed by atoms with Gasteiger partial charge in [0.25, 0.3) is 0 Å². The van der Waals surface area contributed by atoms with Crippen LogP contribution in [0.3, 0.4) is 0 Å². The van der Waals surface area contributed by atoms with Crippen LogP contribution in [0.4, 0.5) is 9.59 Å². The van der Waals surface area contributed by atoms with Gasteiger partial charge in [-0.15, -0.1) is 0 Å². The largest absolute Gasteiger partial charge is 0.464 e. The molecule has 1 fully saturated rings. The Bertz CT molecular complexity index is 770. The minimum absolute atomic E-state index is 0.00778. The third kappa shape index (κ3) is 7.77. The Kier molecular flexibility index (Phi) is 8.26. The predicted octanol–water partition coefficient (Wildman–Crippen LogP) is 3.62. The highest BCUT2D eigenvalue weighted by Crippen LogP contribution is 2.21. The molecule has 0 aliphatic carbocycles. The predicted molar refractivity (Wildman–Crippen MR) is 110 cm³/mol. The summed E-state index contributed by atoms with van der Waals surface area (Å²) in [7, 11) is 1.24. The second-order valence-electron chi connectivity index (χ2n) is 8.09. The summed E-state index contributed by atoms with van der Waals surface area (Å²) in [6, 6.07) is 9.22. The Morgan fingerprint density at radius 2 is 1.90 bits per heavy atom. The fourth-order valence-corrected chi connectivity index (χ4v) is 3.01. The molecule has 0 aromatic heterocycles. The first-order valence-corrected chi connectivity index (χ1v) is 9.93. The number of hydrogen-bond acceptors (Lipinski definition) is 6. The monoisotopic (exact) mass is 418 g/mol. The highest BCUT2D eigenvalue weighted by Gasteiger charge is 2.28. The lowest BCUT2D eigenvalue weighted by atomic mass is 9.97. The standard InChI is InChI=1S/C22H30N2O6/c1-22(2,3)30-21(27)24-12-8-11-17(14-24)13-18(19(25)28-4)23-20(26)29-15-16-9-6-5-7-10-16/h5-7,9-10,13,17H,8,11-12,14-15H2,1-4H3,(H,23,26)/b18-13-. The molecule has 1 atom stereocenters. The number of carbonyl (C=O) groups excluding carboxylic acids is 3. The maximum atomic E-state index is 12.3. The number of hydrogen-bond donors (Lipinski definition) is 1. The van der Waals surface area contributed by atoms with Crippen LogP contribution in [0.15, 0.2) is 42.1 Å². The van der Waals surface area contributed by atoms with Crippen molar-refractivity contribution in [1.29, 1.82) is 0 Å². The fourth-order valence-electron chi connectivity index (χ4n) is 3.01. The second-order valence-corrected chi connectivity index (χ2v) is 8.09. The van der Waals surface area contributed by atoms with E-state index in [4.69, 9.17) is 14.2 Å². The van der Waals surface area contributed by atoms with Gasteiger partial charge in [0, 0.05) is 13.1 Å². The molecule has 8 nitrogen and oxygen atoms in total. The Hall–Kier alpha value is -3.03. The number of likely N-dealkylation sites (tertiary alicyclic amines) is 1. The van der Waals surface area contributed by atoms with E-state index in [-0.39, 0.29) is 18.2 Å². The smallest absolute Gasteiger partial charge is 0.412 e.